The van der Waals surface area contributed by atoms with Gasteiger partial charge in [-0.25, -0.2) is 15.0 Å². The van der Waals surface area contributed by atoms with Gasteiger partial charge in [-0.2, -0.15) is 0 Å². The molecule has 0 saturated heterocycles. The van der Waals surface area contributed by atoms with Crippen LogP contribution < -0.4 is 5.32 Å². The molecule has 3 aromatic rings. The molecule has 3 aromatic heterocycles. The third-order valence-electron chi connectivity index (χ3n) is 3.54. The normalized spacial score (nSPS) is 12.1. The Balaban J connectivity index is 1.63. The summed E-state index contributed by atoms with van der Waals surface area (Å²) in [4.78, 5) is 25.8. The van der Waals surface area contributed by atoms with Crippen LogP contribution in [0.1, 0.15) is 34.5 Å². The van der Waals surface area contributed by atoms with Crippen LogP contribution in [0, 0.1) is 6.92 Å². The van der Waals surface area contributed by atoms with Crippen molar-refractivity contribution in [2.45, 2.75) is 32.7 Å². The second-order valence-electron chi connectivity index (χ2n) is 5.50. The van der Waals surface area contributed by atoms with E-state index in [0.29, 0.717) is 21.4 Å². The monoisotopic (exact) mass is 342 g/mol. The summed E-state index contributed by atoms with van der Waals surface area (Å²) in [7, 11) is 0. The van der Waals surface area contributed by atoms with Crippen molar-refractivity contribution in [3.63, 3.8) is 0 Å². The maximum atomic E-state index is 12.5. The van der Waals surface area contributed by atoms with Gasteiger partial charge in [0, 0.05) is 24.9 Å². The van der Waals surface area contributed by atoms with Crippen molar-refractivity contribution in [2.75, 3.05) is 0 Å². The van der Waals surface area contributed by atoms with Gasteiger partial charge in [-0.3, -0.25) is 4.79 Å². The van der Waals surface area contributed by atoms with Crippen molar-refractivity contribution in [1.29, 1.82) is 0 Å². The minimum atomic E-state index is -0.112. The van der Waals surface area contributed by atoms with Crippen molar-refractivity contribution in [2.24, 2.45) is 0 Å². The Morgan fingerprint density at radius 1 is 1.33 bits per heavy atom. The molecule has 0 aromatic carbocycles. The SMILES string of the molecule is Cc1nc(-c2ncccn2)sc1C(=O)NC(C)CCc1ccco1. The molecule has 0 bridgehead atoms. The van der Waals surface area contributed by atoms with E-state index >= 15 is 0 Å². The summed E-state index contributed by atoms with van der Waals surface area (Å²) in [5.41, 5.74) is 0.693. The molecule has 1 unspecified atom stereocenters. The van der Waals surface area contributed by atoms with Gasteiger partial charge in [-0.15, -0.1) is 11.3 Å². The van der Waals surface area contributed by atoms with E-state index in [1.54, 1.807) is 24.7 Å². The minimum absolute atomic E-state index is 0.0422. The highest BCUT2D eigenvalue weighted by Crippen LogP contribution is 2.25. The molecule has 1 atom stereocenters. The van der Waals surface area contributed by atoms with Crippen LogP contribution in [0.3, 0.4) is 0 Å². The third-order valence-corrected chi connectivity index (χ3v) is 4.69. The molecule has 0 aliphatic heterocycles. The number of nitrogens with one attached hydrogen (secondary N) is 1. The van der Waals surface area contributed by atoms with E-state index in [9.17, 15) is 4.79 Å². The van der Waals surface area contributed by atoms with E-state index in [1.165, 1.54) is 11.3 Å². The first kappa shape index (κ1) is 16.3. The Kier molecular flexibility index (Phi) is 5.00. The largest absolute Gasteiger partial charge is 0.469 e. The zero-order chi connectivity index (χ0) is 16.9. The zero-order valence-electron chi connectivity index (χ0n) is 13.5. The number of amides is 1. The summed E-state index contributed by atoms with van der Waals surface area (Å²) in [6.07, 6.45) is 6.59. The molecule has 0 aliphatic carbocycles. The van der Waals surface area contributed by atoms with Gasteiger partial charge in [-0.05, 0) is 38.5 Å². The molecule has 3 heterocycles. The molecule has 0 radical (unpaired) electrons. The summed E-state index contributed by atoms with van der Waals surface area (Å²) < 4.78 is 5.31. The van der Waals surface area contributed by atoms with Gasteiger partial charge in [0.05, 0.1) is 12.0 Å². The number of hydrogen-bond donors (Lipinski definition) is 1. The summed E-state index contributed by atoms with van der Waals surface area (Å²) in [5.74, 6) is 1.35. The standard InChI is InChI=1S/C17H18N4O2S/c1-11(6-7-13-5-3-10-23-13)20-16(22)14-12(2)21-17(24-14)15-18-8-4-9-19-15/h3-5,8-11H,6-7H2,1-2H3,(H,20,22). The average Bonchev–Trinajstić information content (AvgIpc) is 3.23. The molecule has 6 nitrogen and oxygen atoms in total. The first-order valence-electron chi connectivity index (χ1n) is 7.71. The quantitative estimate of drug-likeness (QED) is 0.744. The lowest BCUT2D eigenvalue weighted by atomic mass is 10.1. The Morgan fingerprint density at radius 3 is 2.83 bits per heavy atom. The maximum absolute atomic E-state index is 12.5. The second kappa shape index (κ2) is 7.35. The van der Waals surface area contributed by atoms with Crippen molar-refractivity contribution >= 4 is 17.2 Å². The summed E-state index contributed by atoms with van der Waals surface area (Å²) >= 11 is 1.31. The van der Waals surface area contributed by atoms with Crippen molar-refractivity contribution in [1.82, 2.24) is 20.3 Å². The molecule has 7 heteroatoms. The fourth-order valence-corrected chi connectivity index (χ4v) is 3.20. The van der Waals surface area contributed by atoms with Gasteiger partial charge < -0.3 is 9.73 Å². The van der Waals surface area contributed by atoms with Crippen LogP contribution in [0.25, 0.3) is 10.8 Å². The van der Waals surface area contributed by atoms with Crippen molar-refractivity contribution in [3.8, 4) is 10.8 Å². The smallest absolute Gasteiger partial charge is 0.263 e. The summed E-state index contributed by atoms with van der Waals surface area (Å²) in [5, 5.41) is 3.67. The predicted octanol–water partition coefficient (Wildman–Crippen LogP) is 3.25. The van der Waals surface area contributed by atoms with Crippen LogP contribution in [0.15, 0.2) is 41.3 Å². The zero-order valence-corrected chi connectivity index (χ0v) is 14.3. The number of carbonyl (C=O) groups is 1. The molecule has 24 heavy (non-hydrogen) atoms. The highest BCUT2D eigenvalue weighted by Gasteiger charge is 2.18. The van der Waals surface area contributed by atoms with Crippen LogP contribution in [-0.4, -0.2) is 26.9 Å². The van der Waals surface area contributed by atoms with E-state index < -0.39 is 0 Å². The first-order valence-corrected chi connectivity index (χ1v) is 8.53. The molecule has 0 aliphatic rings. The van der Waals surface area contributed by atoms with Gasteiger partial charge in [0.15, 0.2) is 10.8 Å². The van der Waals surface area contributed by atoms with Crippen LogP contribution in [-0.2, 0) is 6.42 Å². The van der Waals surface area contributed by atoms with Crippen molar-refractivity contribution < 1.29 is 9.21 Å². The second-order valence-corrected chi connectivity index (χ2v) is 6.50. The van der Waals surface area contributed by atoms with E-state index in [4.69, 9.17) is 4.42 Å². The van der Waals surface area contributed by atoms with E-state index in [2.05, 4.69) is 20.3 Å². The fraction of sp³-hybridized carbons (Fsp3) is 0.294. The van der Waals surface area contributed by atoms with Crippen molar-refractivity contribution in [3.05, 3.63) is 53.2 Å². The Labute approximate surface area is 144 Å². The molecule has 0 saturated carbocycles. The van der Waals surface area contributed by atoms with Crippen LogP contribution >= 0.6 is 11.3 Å². The number of rotatable bonds is 6. The fourth-order valence-electron chi connectivity index (χ4n) is 2.29. The molecule has 0 fully saturated rings. The van der Waals surface area contributed by atoms with Gasteiger partial charge in [0.25, 0.3) is 5.91 Å². The number of nitrogens with zero attached hydrogens (tertiary/aromatic N) is 3. The Morgan fingerprint density at radius 2 is 2.12 bits per heavy atom. The van der Waals surface area contributed by atoms with E-state index in [-0.39, 0.29) is 11.9 Å². The first-order chi connectivity index (χ1) is 11.6. The summed E-state index contributed by atoms with van der Waals surface area (Å²) in [6.45, 7) is 3.81. The van der Waals surface area contributed by atoms with Crippen LogP contribution in [0.4, 0.5) is 0 Å². The Bertz CT molecular complexity index is 799. The molecule has 124 valence electrons. The van der Waals surface area contributed by atoms with Crippen LogP contribution in [0.2, 0.25) is 0 Å². The number of thiazole rings is 1. The van der Waals surface area contributed by atoms with Crippen LogP contribution in [0.5, 0.6) is 0 Å². The molecular weight excluding hydrogens is 324 g/mol. The third kappa shape index (κ3) is 3.86. The lowest BCUT2D eigenvalue weighted by Crippen LogP contribution is -2.32. The van der Waals surface area contributed by atoms with Gasteiger partial charge in [0.2, 0.25) is 0 Å². The average molecular weight is 342 g/mol. The topological polar surface area (TPSA) is 80.9 Å². The number of aromatic nitrogens is 3. The molecule has 3 rings (SSSR count). The number of carbonyl (C=O) groups excluding carboxylic acids is 1. The van der Waals surface area contributed by atoms with Gasteiger partial charge in [0.1, 0.15) is 10.6 Å². The van der Waals surface area contributed by atoms with Gasteiger partial charge >= 0.3 is 0 Å². The highest BCUT2D eigenvalue weighted by molar-refractivity contribution is 7.17. The number of aryl methyl sites for hydroxylation is 2. The van der Waals surface area contributed by atoms with E-state index in [1.807, 2.05) is 26.0 Å². The Hall–Kier alpha value is -2.54. The molecule has 1 N–H and O–H groups in total. The molecule has 1 amide bonds. The molecule has 0 spiro atoms. The predicted molar refractivity (Wildman–Crippen MR) is 91.8 cm³/mol. The summed E-state index contributed by atoms with van der Waals surface area (Å²) in [6, 6.07) is 5.60. The maximum Gasteiger partial charge on any atom is 0.263 e. The molecular formula is C17H18N4O2S. The van der Waals surface area contributed by atoms with E-state index in [0.717, 1.165) is 18.6 Å². The van der Waals surface area contributed by atoms with Gasteiger partial charge in [-0.1, -0.05) is 0 Å². The minimum Gasteiger partial charge on any atom is -0.469 e. The number of hydrogen-bond acceptors (Lipinski definition) is 6. The highest BCUT2D eigenvalue weighted by atomic mass is 32.1. The lowest BCUT2D eigenvalue weighted by Gasteiger charge is -2.12. The lowest BCUT2D eigenvalue weighted by molar-refractivity contribution is 0.0941. The number of furan rings is 1.